The van der Waals surface area contributed by atoms with Crippen molar-refractivity contribution in [1.29, 1.82) is 0 Å². The van der Waals surface area contributed by atoms with E-state index in [1.165, 1.54) is 23.1 Å². The summed E-state index contributed by atoms with van der Waals surface area (Å²) in [5, 5.41) is 0. The summed E-state index contributed by atoms with van der Waals surface area (Å²) in [6.45, 7) is 2.24. The highest BCUT2D eigenvalue weighted by Gasteiger charge is 2.32. The van der Waals surface area contributed by atoms with E-state index in [1.54, 1.807) is 5.57 Å². The van der Waals surface area contributed by atoms with Gasteiger partial charge >= 0.3 is 0 Å². The molecule has 0 aromatic heterocycles. The molecule has 0 heterocycles. The lowest BCUT2D eigenvalue weighted by atomic mass is 10.0. The molecule has 1 atom stereocenters. The number of hydrogen-bond acceptors (Lipinski definition) is 0. The van der Waals surface area contributed by atoms with E-state index in [9.17, 15) is 0 Å². The van der Waals surface area contributed by atoms with Crippen LogP contribution in [0.1, 0.15) is 30.4 Å². The number of benzene rings is 2. The SMILES string of the molecule is CC(=C1CC1c1ccccc1)c1ccccc1. The maximum Gasteiger partial charge on any atom is 0.00920 e. The summed E-state index contributed by atoms with van der Waals surface area (Å²) in [7, 11) is 0. The largest absolute Gasteiger partial charge is 0.0622 e. The van der Waals surface area contributed by atoms with Gasteiger partial charge in [-0.05, 0) is 30.0 Å². The smallest absolute Gasteiger partial charge is 0.00920 e. The Morgan fingerprint density at radius 3 is 2.12 bits per heavy atom. The van der Waals surface area contributed by atoms with Crippen LogP contribution in [-0.2, 0) is 0 Å². The lowest BCUT2D eigenvalue weighted by Crippen LogP contribution is -1.80. The van der Waals surface area contributed by atoms with Crippen LogP contribution in [0, 0.1) is 0 Å². The van der Waals surface area contributed by atoms with Gasteiger partial charge in [0, 0.05) is 5.92 Å². The quantitative estimate of drug-likeness (QED) is 0.691. The first-order chi connectivity index (χ1) is 8.36. The van der Waals surface area contributed by atoms with Crippen molar-refractivity contribution in [2.75, 3.05) is 0 Å². The maximum absolute atomic E-state index is 2.24. The lowest BCUT2D eigenvalue weighted by molar-refractivity contribution is 1.16. The summed E-state index contributed by atoms with van der Waals surface area (Å²) in [5.74, 6) is 0.663. The number of hydrogen-bond donors (Lipinski definition) is 0. The molecule has 84 valence electrons. The summed E-state index contributed by atoms with van der Waals surface area (Å²) >= 11 is 0. The minimum absolute atomic E-state index is 0.663. The van der Waals surface area contributed by atoms with Gasteiger partial charge in [-0.1, -0.05) is 66.2 Å². The average Bonchev–Trinajstić information content (AvgIpc) is 3.20. The fourth-order valence-electron chi connectivity index (χ4n) is 2.45. The molecule has 1 saturated carbocycles. The van der Waals surface area contributed by atoms with E-state index in [2.05, 4.69) is 67.6 Å². The summed E-state index contributed by atoms with van der Waals surface area (Å²) in [5.41, 5.74) is 5.88. The molecule has 0 spiro atoms. The molecule has 0 heteroatoms. The first-order valence-corrected chi connectivity index (χ1v) is 6.16. The van der Waals surface area contributed by atoms with Gasteiger partial charge in [0.25, 0.3) is 0 Å². The van der Waals surface area contributed by atoms with Gasteiger partial charge in [-0.25, -0.2) is 0 Å². The van der Waals surface area contributed by atoms with Crippen LogP contribution in [0.4, 0.5) is 0 Å². The van der Waals surface area contributed by atoms with Crippen LogP contribution >= 0.6 is 0 Å². The molecule has 2 aromatic rings. The predicted octanol–water partition coefficient (Wildman–Crippen LogP) is 4.65. The fraction of sp³-hybridized carbons (Fsp3) is 0.176. The Bertz CT molecular complexity index is 535. The molecule has 0 N–H and O–H groups in total. The molecule has 3 rings (SSSR count). The first-order valence-electron chi connectivity index (χ1n) is 6.16. The molecule has 0 bridgehead atoms. The minimum atomic E-state index is 0.663. The van der Waals surface area contributed by atoms with Gasteiger partial charge in [-0.3, -0.25) is 0 Å². The van der Waals surface area contributed by atoms with Crippen molar-refractivity contribution in [1.82, 2.24) is 0 Å². The third kappa shape index (κ3) is 2.03. The second-order valence-corrected chi connectivity index (χ2v) is 4.68. The number of rotatable bonds is 2. The summed E-state index contributed by atoms with van der Waals surface area (Å²) in [6.07, 6.45) is 1.23. The van der Waals surface area contributed by atoms with E-state index < -0.39 is 0 Å². The molecule has 2 aromatic carbocycles. The molecular weight excluding hydrogens is 204 g/mol. The van der Waals surface area contributed by atoms with E-state index in [1.807, 2.05) is 0 Å². The average molecular weight is 220 g/mol. The summed E-state index contributed by atoms with van der Waals surface area (Å²) in [4.78, 5) is 0. The third-order valence-electron chi connectivity index (χ3n) is 3.57. The van der Waals surface area contributed by atoms with Crippen LogP contribution in [0.25, 0.3) is 5.57 Å². The van der Waals surface area contributed by atoms with Crippen LogP contribution in [-0.4, -0.2) is 0 Å². The molecule has 1 aliphatic carbocycles. The Kier molecular flexibility index (Phi) is 2.56. The highest BCUT2D eigenvalue weighted by molar-refractivity contribution is 5.72. The second kappa shape index (κ2) is 4.21. The Morgan fingerprint density at radius 1 is 0.882 bits per heavy atom. The molecular formula is C17H16. The van der Waals surface area contributed by atoms with Crippen molar-refractivity contribution >= 4 is 5.57 Å². The Balaban J connectivity index is 1.89. The third-order valence-corrected chi connectivity index (χ3v) is 3.57. The van der Waals surface area contributed by atoms with Crippen molar-refractivity contribution in [2.24, 2.45) is 0 Å². The van der Waals surface area contributed by atoms with Crippen molar-refractivity contribution in [3.63, 3.8) is 0 Å². The van der Waals surface area contributed by atoms with Crippen LogP contribution in [0.3, 0.4) is 0 Å². The predicted molar refractivity (Wildman–Crippen MR) is 72.8 cm³/mol. The van der Waals surface area contributed by atoms with Crippen molar-refractivity contribution in [2.45, 2.75) is 19.3 Å². The fourth-order valence-corrected chi connectivity index (χ4v) is 2.45. The van der Waals surface area contributed by atoms with Gasteiger partial charge in [0.1, 0.15) is 0 Å². The van der Waals surface area contributed by atoms with Gasteiger partial charge in [-0.15, -0.1) is 0 Å². The molecule has 1 aliphatic rings. The molecule has 0 aliphatic heterocycles. The van der Waals surface area contributed by atoms with E-state index >= 15 is 0 Å². The van der Waals surface area contributed by atoms with Gasteiger partial charge < -0.3 is 0 Å². The summed E-state index contributed by atoms with van der Waals surface area (Å²) < 4.78 is 0. The monoisotopic (exact) mass is 220 g/mol. The zero-order chi connectivity index (χ0) is 11.7. The lowest BCUT2D eigenvalue weighted by Gasteiger charge is -2.01. The van der Waals surface area contributed by atoms with Gasteiger partial charge in [0.15, 0.2) is 0 Å². The van der Waals surface area contributed by atoms with Crippen LogP contribution < -0.4 is 0 Å². The van der Waals surface area contributed by atoms with Gasteiger partial charge in [0.05, 0.1) is 0 Å². The standard InChI is InChI=1S/C17H16/c1-13(14-8-4-2-5-9-14)16-12-17(16)15-10-6-3-7-11-15/h2-11,17H,12H2,1H3. The van der Waals surface area contributed by atoms with E-state index in [4.69, 9.17) is 0 Å². The van der Waals surface area contributed by atoms with Crippen molar-refractivity contribution in [3.05, 3.63) is 77.4 Å². The zero-order valence-corrected chi connectivity index (χ0v) is 10.1. The second-order valence-electron chi connectivity index (χ2n) is 4.68. The maximum atomic E-state index is 2.24. The highest BCUT2D eigenvalue weighted by Crippen LogP contribution is 2.50. The first kappa shape index (κ1) is 10.3. The highest BCUT2D eigenvalue weighted by atomic mass is 14.4. The Hall–Kier alpha value is -1.82. The van der Waals surface area contributed by atoms with E-state index in [-0.39, 0.29) is 0 Å². The van der Waals surface area contributed by atoms with Crippen molar-refractivity contribution < 1.29 is 0 Å². The molecule has 0 amide bonds. The minimum Gasteiger partial charge on any atom is -0.0622 e. The summed E-state index contributed by atoms with van der Waals surface area (Å²) in [6, 6.07) is 21.5. The molecule has 0 nitrogen and oxygen atoms in total. The number of allylic oxidation sites excluding steroid dienone is 2. The van der Waals surface area contributed by atoms with Crippen LogP contribution in [0.15, 0.2) is 66.2 Å². The molecule has 17 heavy (non-hydrogen) atoms. The molecule has 0 saturated heterocycles. The Labute approximate surface area is 103 Å². The van der Waals surface area contributed by atoms with Crippen molar-refractivity contribution in [3.8, 4) is 0 Å². The Morgan fingerprint density at radius 2 is 1.47 bits per heavy atom. The topological polar surface area (TPSA) is 0 Å². The van der Waals surface area contributed by atoms with Crippen LogP contribution in [0.5, 0.6) is 0 Å². The zero-order valence-electron chi connectivity index (χ0n) is 10.1. The normalized spacial score (nSPS) is 21.1. The van der Waals surface area contributed by atoms with E-state index in [0.29, 0.717) is 5.92 Å². The molecule has 1 fully saturated rings. The molecule has 0 radical (unpaired) electrons. The molecule has 1 unspecified atom stereocenters. The van der Waals surface area contributed by atoms with Gasteiger partial charge in [0.2, 0.25) is 0 Å². The van der Waals surface area contributed by atoms with Crippen LogP contribution in [0.2, 0.25) is 0 Å². The van der Waals surface area contributed by atoms with E-state index in [0.717, 1.165) is 0 Å². The van der Waals surface area contributed by atoms with Gasteiger partial charge in [-0.2, -0.15) is 0 Å².